The maximum atomic E-state index is 14.7. The highest BCUT2D eigenvalue weighted by atomic mass is 32.2. The van der Waals surface area contributed by atoms with Crippen molar-refractivity contribution in [3.05, 3.63) is 47.9 Å². The number of alkyl halides is 3. The van der Waals surface area contributed by atoms with Crippen LogP contribution in [0, 0.1) is 0 Å². The molecule has 2 fully saturated rings. The molecule has 0 radical (unpaired) electrons. The van der Waals surface area contributed by atoms with Gasteiger partial charge in [0.1, 0.15) is 31.0 Å². The third kappa shape index (κ3) is 5.71. The van der Waals surface area contributed by atoms with Crippen LogP contribution in [0.15, 0.2) is 42.4 Å². The van der Waals surface area contributed by atoms with E-state index in [1.165, 1.54) is 24.3 Å². The first-order chi connectivity index (χ1) is 19.1. The number of nitrogens with one attached hydrogen (secondary N) is 1. The van der Waals surface area contributed by atoms with Crippen LogP contribution in [0.25, 0.3) is 0 Å². The number of aliphatic hydroxyl groups excluding tert-OH is 3. The van der Waals surface area contributed by atoms with Crippen molar-refractivity contribution in [2.75, 3.05) is 13.2 Å². The summed E-state index contributed by atoms with van der Waals surface area (Å²) >= 11 is 0. The molecule has 3 heterocycles. The van der Waals surface area contributed by atoms with Crippen LogP contribution < -0.4 is 5.32 Å². The summed E-state index contributed by atoms with van der Waals surface area (Å²) in [4.78, 5) is 37.4. The summed E-state index contributed by atoms with van der Waals surface area (Å²) in [6.07, 6.45) is -14.0. The molecule has 1 aromatic rings. The Morgan fingerprint density at radius 3 is 2.34 bits per heavy atom. The Labute approximate surface area is 228 Å². The van der Waals surface area contributed by atoms with E-state index in [0.29, 0.717) is 6.20 Å². The number of imide groups is 1. The molecule has 3 aliphatic rings. The number of carbonyl (C=O) groups is 3. The average Bonchev–Trinajstić information content (AvgIpc) is 3.44. The zero-order valence-electron chi connectivity index (χ0n) is 20.5. The minimum Gasteiger partial charge on any atom is -0.459 e. The molecule has 226 valence electrons. The molecule has 3 aliphatic heterocycles. The van der Waals surface area contributed by atoms with Crippen LogP contribution in [0.5, 0.6) is 0 Å². The fourth-order valence-corrected chi connectivity index (χ4v) is 5.25. The lowest BCUT2D eigenvalue weighted by Crippen LogP contribution is -2.70. The van der Waals surface area contributed by atoms with Crippen LogP contribution in [0.2, 0.25) is 0 Å². The summed E-state index contributed by atoms with van der Waals surface area (Å²) in [5.41, 5.74) is -5.89. The smallest absolute Gasteiger partial charge is 0.459 e. The molecule has 19 heteroatoms. The quantitative estimate of drug-likeness (QED) is 0.0965. The number of quaternary nitrogens is 1. The number of amides is 3. The zero-order valence-corrected chi connectivity index (χ0v) is 21.3. The van der Waals surface area contributed by atoms with E-state index < -0.39 is 106 Å². The van der Waals surface area contributed by atoms with Gasteiger partial charge in [-0.15, -0.1) is 0 Å². The molecule has 0 bridgehead atoms. The van der Waals surface area contributed by atoms with Crippen molar-refractivity contribution >= 4 is 28.0 Å². The maximum Gasteiger partial charge on any atom is 0.523 e. The molecular formula is C22H23F4N2O12S+. The number of hydrogen-bond acceptors (Lipinski definition) is 12. The number of aliphatic hydroxyl groups is 3. The van der Waals surface area contributed by atoms with E-state index in [9.17, 15) is 55.7 Å². The molecule has 0 aliphatic carbocycles. The highest BCUT2D eigenvalue weighted by Gasteiger charge is 2.66. The van der Waals surface area contributed by atoms with Gasteiger partial charge in [0.2, 0.25) is 18.3 Å². The second kappa shape index (κ2) is 11.3. The molecule has 0 spiro atoms. The standard InChI is InChI=1S/C22H22F4N2O12S/c23-11-7-28(21(34)27-18(11)32,19-17(31)16(30)13(8-29)39-19)15-6-12(40-41(35,36)22(24,25)26)14(38-15)9-37-20(33)10-4-2-1-3-5-10/h1-5,7,12-17,19,29-31H,6,8-9H2/p+1/t12-,13+,14+,15-,16+,17+,19+,28?/m0/s1. The number of nitrogens with zero attached hydrogens (tertiary/aromatic N) is 1. The third-order valence-corrected chi connectivity index (χ3v) is 7.70. The third-order valence-electron chi connectivity index (χ3n) is 6.63. The Bertz CT molecular complexity index is 1330. The summed E-state index contributed by atoms with van der Waals surface area (Å²) < 4.78 is 96.4. The van der Waals surface area contributed by atoms with E-state index in [-0.39, 0.29) is 5.56 Å². The van der Waals surface area contributed by atoms with Crippen molar-refractivity contribution < 1.29 is 78.6 Å². The Morgan fingerprint density at radius 1 is 1.10 bits per heavy atom. The Kier molecular flexibility index (Phi) is 8.54. The second-order valence-electron chi connectivity index (χ2n) is 9.16. The van der Waals surface area contributed by atoms with Crippen LogP contribution in [-0.2, 0) is 33.3 Å². The highest BCUT2D eigenvalue weighted by Crippen LogP contribution is 2.42. The predicted octanol–water partition coefficient (Wildman–Crippen LogP) is -0.490. The van der Waals surface area contributed by atoms with E-state index in [1.807, 2.05) is 0 Å². The van der Waals surface area contributed by atoms with Gasteiger partial charge in [-0.1, -0.05) is 18.2 Å². The van der Waals surface area contributed by atoms with Crippen LogP contribution in [-0.4, -0.2) is 108 Å². The van der Waals surface area contributed by atoms with Gasteiger partial charge in [-0.25, -0.2) is 14.9 Å². The first-order valence-corrected chi connectivity index (χ1v) is 13.1. The topological polar surface area (TPSA) is 195 Å². The minimum atomic E-state index is -6.29. The number of halogens is 4. The average molecular weight is 615 g/mol. The normalized spacial score (nSPS) is 34.3. The number of carbonyl (C=O) groups excluding carboxylic acids is 3. The summed E-state index contributed by atoms with van der Waals surface area (Å²) in [5.74, 6) is -4.16. The lowest BCUT2D eigenvalue weighted by Gasteiger charge is -2.42. The van der Waals surface area contributed by atoms with Crippen molar-refractivity contribution in [1.82, 2.24) is 5.32 Å². The lowest BCUT2D eigenvalue weighted by molar-refractivity contribution is -0.901. The first-order valence-electron chi connectivity index (χ1n) is 11.7. The molecule has 1 unspecified atom stereocenters. The molecular weight excluding hydrogens is 592 g/mol. The molecule has 8 atom stereocenters. The summed E-state index contributed by atoms with van der Waals surface area (Å²) in [6, 6.07) is 5.77. The van der Waals surface area contributed by atoms with E-state index in [2.05, 4.69) is 4.18 Å². The summed E-state index contributed by atoms with van der Waals surface area (Å²) in [7, 11) is -6.29. The number of hydrogen-bond donors (Lipinski definition) is 4. The number of urea groups is 1. The number of benzene rings is 1. The van der Waals surface area contributed by atoms with Crippen molar-refractivity contribution in [1.29, 1.82) is 0 Å². The lowest BCUT2D eigenvalue weighted by atomic mass is 10.1. The van der Waals surface area contributed by atoms with Gasteiger partial charge in [0.05, 0.1) is 18.6 Å². The van der Waals surface area contributed by atoms with Gasteiger partial charge in [0, 0.05) is 0 Å². The molecule has 3 amide bonds. The SMILES string of the molecule is O=C1NC(=O)[N+]([C@@H]2C[C@H](OS(=O)(=O)C(F)(F)F)[C@@H](COC(=O)c3ccccc3)O2)([C@@H]2O[C@H](CO)[C@@H](O)[C@H]2O)C=C1F. The van der Waals surface area contributed by atoms with Gasteiger partial charge < -0.3 is 29.5 Å². The largest absolute Gasteiger partial charge is 0.523 e. The van der Waals surface area contributed by atoms with E-state index in [0.717, 1.165) is 0 Å². The predicted molar refractivity (Wildman–Crippen MR) is 121 cm³/mol. The number of esters is 1. The van der Waals surface area contributed by atoms with Crippen LogP contribution in [0.3, 0.4) is 0 Å². The van der Waals surface area contributed by atoms with Crippen molar-refractivity contribution in [2.24, 2.45) is 0 Å². The van der Waals surface area contributed by atoms with Crippen LogP contribution in [0.1, 0.15) is 16.8 Å². The van der Waals surface area contributed by atoms with Gasteiger partial charge in [-0.05, 0) is 12.1 Å². The van der Waals surface area contributed by atoms with Gasteiger partial charge >= 0.3 is 27.6 Å². The monoisotopic (exact) mass is 615 g/mol. The molecule has 4 N–H and O–H groups in total. The summed E-state index contributed by atoms with van der Waals surface area (Å²) in [5, 5.41) is 31.9. The fourth-order valence-electron chi connectivity index (χ4n) is 4.61. The van der Waals surface area contributed by atoms with Crippen LogP contribution in [0.4, 0.5) is 22.4 Å². The maximum absolute atomic E-state index is 14.7. The number of rotatable bonds is 8. The highest BCUT2D eigenvalue weighted by molar-refractivity contribution is 7.87. The van der Waals surface area contributed by atoms with Crippen molar-refractivity contribution in [2.45, 2.75) is 54.9 Å². The first kappa shape index (κ1) is 30.9. The van der Waals surface area contributed by atoms with Crippen molar-refractivity contribution in [3.8, 4) is 0 Å². The molecule has 0 saturated carbocycles. The van der Waals surface area contributed by atoms with Gasteiger partial charge in [0.15, 0.2) is 12.3 Å². The Morgan fingerprint density at radius 2 is 1.76 bits per heavy atom. The molecule has 2 saturated heterocycles. The molecule has 0 aromatic heterocycles. The molecule has 41 heavy (non-hydrogen) atoms. The van der Waals surface area contributed by atoms with Gasteiger partial charge in [-0.2, -0.15) is 30.5 Å². The Balaban J connectivity index is 1.72. The molecule has 1 aromatic carbocycles. The van der Waals surface area contributed by atoms with E-state index in [4.69, 9.17) is 14.2 Å². The zero-order chi connectivity index (χ0) is 30.3. The van der Waals surface area contributed by atoms with Gasteiger partial charge in [0.25, 0.3) is 5.91 Å². The fraction of sp³-hybridized carbons (Fsp3) is 0.500. The minimum absolute atomic E-state index is 0.0105. The Hall–Kier alpha value is -3.04. The second-order valence-corrected chi connectivity index (χ2v) is 10.7. The molecule has 14 nitrogen and oxygen atoms in total. The molecule has 4 rings (SSSR count). The van der Waals surface area contributed by atoms with E-state index >= 15 is 0 Å². The number of ether oxygens (including phenoxy) is 3. The van der Waals surface area contributed by atoms with Crippen LogP contribution >= 0.6 is 0 Å². The summed E-state index contributed by atoms with van der Waals surface area (Å²) in [6.45, 7) is -1.83. The van der Waals surface area contributed by atoms with Crippen molar-refractivity contribution in [3.63, 3.8) is 0 Å². The van der Waals surface area contributed by atoms with E-state index in [1.54, 1.807) is 11.4 Å². The van der Waals surface area contributed by atoms with Gasteiger partial charge in [-0.3, -0.25) is 8.98 Å².